The summed E-state index contributed by atoms with van der Waals surface area (Å²) in [4.78, 5) is 18.5. The Hall–Kier alpha value is -2.30. The van der Waals surface area contributed by atoms with Crippen molar-refractivity contribution in [3.8, 4) is 0 Å². The third-order valence-electron chi connectivity index (χ3n) is 3.30. The molecule has 0 aliphatic rings. The second-order valence-electron chi connectivity index (χ2n) is 5.16. The first kappa shape index (κ1) is 16.1. The van der Waals surface area contributed by atoms with Crippen LogP contribution >= 0.6 is 0 Å². The van der Waals surface area contributed by atoms with Crippen LogP contribution in [0, 0.1) is 0 Å². The highest BCUT2D eigenvalue weighted by molar-refractivity contribution is 5.92. The number of amides is 1. The molecule has 1 N–H and O–H groups in total. The predicted octanol–water partition coefficient (Wildman–Crippen LogP) is 3.55. The molecule has 2 aromatic heterocycles. The van der Waals surface area contributed by atoms with Crippen molar-refractivity contribution in [3.05, 3.63) is 48.2 Å². The molecule has 0 fully saturated rings. The molecule has 0 bridgehead atoms. The summed E-state index contributed by atoms with van der Waals surface area (Å²) in [6.07, 6.45) is 5.24. The Balaban J connectivity index is 1.96. The van der Waals surface area contributed by atoms with Gasteiger partial charge in [-0.05, 0) is 37.1 Å². The van der Waals surface area contributed by atoms with Gasteiger partial charge in [0.25, 0.3) is 5.91 Å². The number of carbonyl (C=O) groups excluding carboxylic acids is 1. The molecule has 0 atom stereocenters. The Morgan fingerprint density at radius 2 is 2.00 bits per heavy atom. The summed E-state index contributed by atoms with van der Waals surface area (Å²) in [5.74, 6) is 0.860. The number of aromatic nitrogens is 1. The molecular formula is C17H23N3O2. The van der Waals surface area contributed by atoms with Gasteiger partial charge >= 0.3 is 0 Å². The molecule has 2 heterocycles. The molecule has 0 radical (unpaired) electrons. The van der Waals surface area contributed by atoms with E-state index in [1.807, 2.05) is 23.1 Å². The minimum Gasteiger partial charge on any atom is -0.467 e. The van der Waals surface area contributed by atoms with Crippen molar-refractivity contribution >= 4 is 11.6 Å². The van der Waals surface area contributed by atoms with Gasteiger partial charge in [0, 0.05) is 13.1 Å². The van der Waals surface area contributed by atoms with E-state index in [9.17, 15) is 4.79 Å². The van der Waals surface area contributed by atoms with Crippen molar-refractivity contribution in [1.29, 1.82) is 0 Å². The van der Waals surface area contributed by atoms with Crippen LogP contribution < -0.4 is 5.32 Å². The topological polar surface area (TPSA) is 58.4 Å². The molecule has 2 aromatic rings. The van der Waals surface area contributed by atoms with Gasteiger partial charge in [-0.2, -0.15) is 0 Å². The summed E-state index contributed by atoms with van der Waals surface area (Å²) in [6.45, 7) is 6.29. The Bertz CT molecular complexity index is 558. The predicted molar refractivity (Wildman–Crippen MR) is 86.8 cm³/mol. The Kier molecular flexibility index (Phi) is 6.01. The van der Waals surface area contributed by atoms with Crippen molar-refractivity contribution < 1.29 is 9.21 Å². The van der Waals surface area contributed by atoms with E-state index < -0.39 is 0 Å². The smallest absolute Gasteiger partial charge is 0.272 e. The minimum atomic E-state index is 0.00119. The average Bonchev–Trinajstić information content (AvgIpc) is 3.06. The zero-order chi connectivity index (χ0) is 15.8. The fourth-order valence-corrected chi connectivity index (χ4v) is 2.24. The summed E-state index contributed by atoms with van der Waals surface area (Å²) in [5.41, 5.74) is 1.36. The van der Waals surface area contributed by atoms with Crippen LogP contribution in [0.2, 0.25) is 0 Å². The lowest BCUT2D eigenvalue weighted by molar-refractivity contribution is 0.0749. The molecule has 0 aliphatic carbocycles. The molecule has 0 aromatic carbocycles. The van der Waals surface area contributed by atoms with Gasteiger partial charge in [0.1, 0.15) is 11.5 Å². The number of pyridine rings is 1. The quantitative estimate of drug-likeness (QED) is 0.810. The molecule has 22 heavy (non-hydrogen) atoms. The van der Waals surface area contributed by atoms with Gasteiger partial charge in [-0.1, -0.05) is 13.8 Å². The van der Waals surface area contributed by atoms with Gasteiger partial charge < -0.3 is 14.6 Å². The molecule has 0 saturated carbocycles. The summed E-state index contributed by atoms with van der Waals surface area (Å²) in [5, 5.41) is 3.21. The monoisotopic (exact) mass is 301 g/mol. The highest BCUT2D eigenvalue weighted by Gasteiger charge is 2.15. The SMILES string of the molecule is CCCN(CCC)C(=O)c1ccc(NCc2ccco2)cn1. The maximum atomic E-state index is 12.4. The van der Waals surface area contributed by atoms with Gasteiger partial charge in [0.2, 0.25) is 0 Å². The van der Waals surface area contributed by atoms with Crippen LogP contribution in [0.5, 0.6) is 0 Å². The van der Waals surface area contributed by atoms with Crippen LogP contribution in [-0.2, 0) is 6.54 Å². The van der Waals surface area contributed by atoms with E-state index in [0.717, 1.165) is 37.4 Å². The van der Waals surface area contributed by atoms with Gasteiger partial charge in [0.05, 0.1) is 24.7 Å². The standard InChI is InChI=1S/C17H23N3O2/c1-3-9-20(10-4-2)17(21)16-8-7-14(12-19-16)18-13-15-6-5-11-22-15/h5-8,11-12,18H,3-4,9-10,13H2,1-2H3. The van der Waals surface area contributed by atoms with Crippen molar-refractivity contribution in [1.82, 2.24) is 9.88 Å². The van der Waals surface area contributed by atoms with E-state index >= 15 is 0 Å². The maximum Gasteiger partial charge on any atom is 0.272 e. The third kappa shape index (κ3) is 4.35. The second-order valence-corrected chi connectivity index (χ2v) is 5.16. The van der Waals surface area contributed by atoms with Crippen LogP contribution in [0.15, 0.2) is 41.1 Å². The molecule has 5 heteroatoms. The Labute approximate surface area is 131 Å². The third-order valence-corrected chi connectivity index (χ3v) is 3.30. The number of hydrogen-bond acceptors (Lipinski definition) is 4. The highest BCUT2D eigenvalue weighted by atomic mass is 16.3. The normalized spacial score (nSPS) is 10.5. The van der Waals surface area contributed by atoms with Crippen molar-refractivity contribution in [3.63, 3.8) is 0 Å². The van der Waals surface area contributed by atoms with E-state index in [1.54, 1.807) is 18.5 Å². The number of anilines is 1. The number of furan rings is 1. The molecule has 1 amide bonds. The van der Waals surface area contributed by atoms with E-state index in [2.05, 4.69) is 24.1 Å². The average molecular weight is 301 g/mol. The Morgan fingerprint density at radius 1 is 1.23 bits per heavy atom. The summed E-state index contributed by atoms with van der Waals surface area (Å²) >= 11 is 0. The van der Waals surface area contributed by atoms with E-state index in [-0.39, 0.29) is 5.91 Å². The summed E-state index contributed by atoms with van der Waals surface area (Å²) in [6, 6.07) is 7.41. The largest absolute Gasteiger partial charge is 0.467 e. The van der Waals surface area contributed by atoms with Crippen molar-refractivity contribution in [2.24, 2.45) is 0 Å². The number of nitrogens with zero attached hydrogens (tertiary/aromatic N) is 2. The zero-order valence-corrected chi connectivity index (χ0v) is 13.2. The number of carbonyl (C=O) groups is 1. The molecule has 0 spiro atoms. The molecule has 2 rings (SSSR count). The number of nitrogens with one attached hydrogen (secondary N) is 1. The van der Waals surface area contributed by atoms with Crippen LogP contribution in [0.3, 0.4) is 0 Å². The first-order valence-electron chi connectivity index (χ1n) is 7.76. The van der Waals surface area contributed by atoms with E-state index in [4.69, 9.17) is 4.42 Å². The Morgan fingerprint density at radius 3 is 2.55 bits per heavy atom. The summed E-state index contributed by atoms with van der Waals surface area (Å²) in [7, 11) is 0. The van der Waals surface area contributed by atoms with Gasteiger partial charge in [0.15, 0.2) is 0 Å². The lowest BCUT2D eigenvalue weighted by Gasteiger charge is -2.21. The molecule has 118 valence electrons. The molecule has 5 nitrogen and oxygen atoms in total. The van der Waals surface area contributed by atoms with Gasteiger partial charge in [-0.15, -0.1) is 0 Å². The van der Waals surface area contributed by atoms with E-state index in [0.29, 0.717) is 12.2 Å². The second kappa shape index (κ2) is 8.22. The van der Waals surface area contributed by atoms with E-state index in [1.165, 1.54) is 0 Å². The molecule has 0 unspecified atom stereocenters. The maximum absolute atomic E-state index is 12.4. The lowest BCUT2D eigenvalue weighted by atomic mass is 10.2. The van der Waals surface area contributed by atoms with Crippen LogP contribution in [0.4, 0.5) is 5.69 Å². The molecule has 0 saturated heterocycles. The van der Waals surface area contributed by atoms with Gasteiger partial charge in [-0.25, -0.2) is 4.98 Å². The molecular weight excluding hydrogens is 278 g/mol. The molecule has 0 aliphatic heterocycles. The number of rotatable bonds is 8. The lowest BCUT2D eigenvalue weighted by Crippen LogP contribution is -2.33. The minimum absolute atomic E-state index is 0.00119. The first-order chi connectivity index (χ1) is 10.7. The van der Waals surface area contributed by atoms with Crippen molar-refractivity contribution in [2.45, 2.75) is 33.2 Å². The summed E-state index contributed by atoms with van der Waals surface area (Å²) < 4.78 is 5.26. The first-order valence-corrected chi connectivity index (χ1v) is 7.76. The highest BCUT2D eigenvalue weighted by Crippen LogP contribution is 2.11. The fourth-order valence-electron chi connectivity index (χ4n) is 2.24. The van der Waals surface area contributed by atoms with Crippen LogP contribution in [-0.4, -0.2) is 28.9 Å². The number of hydrogen-bond donors (Lipinski definition) is 1. The zero-order valence-electron chi connectivity index (χ0n) is 13.2. The van der Waals surface area contributed by atoms with Gasteiger partial charge in [-0.3, -0.25) is 4.79 Å². The fraction of sp³-hybridized carbons (Fsp3) is 0.412. The van der Waals surface area contributed by atoms with Crippen molar-refractivity contribution in [2.75, 3.05) is 18.4 Å². The van der Waals surface area contributed by atoms with Crippen LogP contribution in [0.25, 0.3) is 0 Å². The van der Waals surface area contributed by atoms with Crippen LogP contribution in [0.1, 0.15) is 42.9 Å².